The molecule has 94 valence electrons. The predicted octanol–water partition coefficient (Wildman–Crippen LogP) is 2.67. The summed E-state index contributed by atoms with van der Waals surface area (Å²) >= 11 is 3.52. The Morgan fingerprint density at radius 2 is 2.00 bits per heavy atom. The van der Waals surface area contributed by atoms with Gasteiger partial charge in [0.25, 0.3) is 0 Å². The summed E-state index contributed by atoms with van der Waals surface area (Å²) in [5, 5.41) is 3.35. The third-order valence-corrected chi connectivity index (χ3v) is 3.11. The Bertz CT molecular complexity index is 398. The Morgan fingerprint density at radius 3 is 2.65 bits per heavy atom. The van der Waals surface area contributed by atoms with E-state index >= 15 is 0 Å². The van der Waals surface area contributed by atoms with Gasteiger partial charge in [0.05, 0.1) is 12.3 Å². The summed E-state index contributed by atoms with van der Waals surface area (Å²) < 4.78 is 17.1. The van der Waals surface area contributed by atoms with Crippen molar-refractivity contribution in [2.75, 3.05) is 32.2 Å². The van der Waals surface area contributed by atoms with Gasteiger partial charge in [-0.15, -0.1) is 0 Å². The van der Waals surface area contributed by atoms with Crippen LogP contribution in [0, 0.1) is 0 Å². The van der Waals surface area contributed by atoms with Gasteiger partial charge in [-0.2, -0.15) is 0 Å². The van der Waals surface area contributed by atoms with Gasteiger partial charge in [0.15, 0.2) is 11.5 Å². The van der Waals surface area contributed by atoms with E-state index in [0.717, 1.165) is 21.7 Å². The van der Waals surface area contributed by atoms with E-state index in [-0.39, 0.29) is 6.04 Å². The minimum atomic E-state index is 0.235. The number of rotatable bonds is 4. The van der Waals surface area contributed by atoms with Crippen molar-refractivity contribution in [1.29, 1.82) is 0 Å². The molecule has 5 heteroatoms. The second-order valence-electron chi connectivity index (χ2n) is 3.98. The van der Waals surface area contributed by atoms with E-state index < -0.39 is 0 Å². The van der Waals surface area contributed by atoms with Gasteiger partial charge in [-0.1, -0.05) is 0 Å². The van der Waals surface area contributed by atoms with Crippen molar-refractivity contribution in [2.24, 2.45) is 0 Å². The van der Waals surface area contributed by atoms with E-state index in [0.29, 0.717) is 19.8 Å². The maximum absolute atomic E-state index is 5.54. The lowest BCUT2D eigenvalue weighted by Crippen LogP contribution is -2.21. The van der Waals surface area contributed by atoms with Crippen molar-refractivity contribution in [1.82, 2.24) is 0 Å². The molecule has 0 amide bonds. The third kappa shape index (κ3) is 3.04. The van der Waals surface area contributed by atoms with Crippen LogP contribution in [0.3, 0.4) is 0 Å². The van der Waals surface area contributed by atoms with Crippen LogP contribution in [-0.4, -0.2) is 33.0 Å². The summed E-state index contributed by atoms with van der Waals surface area (Å²) in [5.74, 6) is 1.57. The van der Waals surface area contributed by atoms with Crippen LogP contribution < -0.4 is 14.8 Å². The summed E-state index contributed by atoms with van der Waals surface area (Å²) in [6.45, 7) is 3.92. The first-order valence-corrected chi connectivity index (χ1v) is 6.34. The highest BCUT2D eigenvalue weighted by Gasteiger charge is 2.15. The highest BCUT2D eigenvalue weighted by atomic mass is 79.9. The fourth-order valence-electron chi connectivity index (χ4n) is 1.73. The first-order chi connectivity index (χ1) is 8.20. The lowest BCUT2D eigenvalue weighted by molar-refractivity contribution is 0.171. The standard InChI is InChI=1S/C12H16BrNO3/c1-8(7-15-2)14-10-6-12-11(5-9(10)13)16-3-4-17-12/h5-6,8,14H,3-4,7H2,1-2H3. The Labute approximate surface area is 109 Å². The van der Waals surface area contributed by atoms with Gasteiger partial charge in [-0.3, -0.25) is 0 Å². The third-order valence-electron chi connectivity index (χ3n) is 2.45. The van der Waals surface area contributed by atoms with Crippen LogP contribution in [0.5, 0.6) is 11.5 Å². The van der Waals surface area contributed by atoms with E-state index in [1.54, 1.807) is 7.11 Å². The minimum absolute atomic E-state index is 0.235. The Hall–Kier alpha value is -0.940. The summed E-state index contributed by atoms with van der Waals surface area (Å²) in [6.07, 6.45) is 0. The summed E-state index contributed by atoms with van der Waals surface area (Å²) in [5.41, 5.74) is 0.985. The fraction of sp³-hybridized carbons (Fsp3) is 0.500. The number of hydrogen-bond donors (Lipinski definition) is 1. The molecule has 1 aromatic carbocycles. The highest BCUT2D eigenvalue weighted by molar-refractivity contribution is 9.10. The van der Waals surface area contributed by atoms with E-state index in [2.05, 4.69) is 28.2 Å². The molecule has 0 spiro atoms. The van der Waals surface area contributed by atoms with E-state index in [9.17, 15) is 0 Å². The van der Waals surface area contributed by atoms with Crippen LogP contribution in [-0.2, 0) is 4.74 Å². The van der Waals surface area contributed by atoms with Crippen LogP contribution in [0.1, 0.15) is 6.92 Å². The second kappa shape index (κ2) is 5.60. The van der Waals surface area contributed by atoms with Gasteiger partial charge in [0, 0.05) is 29.8 Å². The van der Waals surface area contributed by atoms with Crippen molar-refractivity contribution in [3.63, 3.8) is 0 Å². The van der Waals surface area contributed by atoms with Gasteiger partial charge >= 0.3 is 0 Å². The fourth-order valence-corrected chi connectivity index (χ4v) is 2.17. The van der Waals surface area contributed by atoms with Gasteiger partial charge in [-0.25, -0.2) is 0 Å². The Balaban J connectivity index is 2.16. The van der Waals surface area contributed by atoms with Gasteiger partial charge in [-0.05, 0) is 22.9 Å². The van der Waals surface area contributed by atoms with Crippen LogP contribution in [0.15, 0.2) is 16.6 Å². The molecule has 1 unspecified atom stereocenters. The number of nitrogens with one attached hydrogen (secondary N) is 1. The molecule has 0 fully saturated rings. The van der Waals surface area contributed by atoms with Crippen molar-refractivity contribution < 1.29 is 14.2 Å². The van der Waals surface area contributed by atoms with Crippen LogP contribution in [0.25, 0.3) is 0 Å². The predicted molar refractivity (Wildman–Crippen MR) is 70.1 cm³/mol. The Morgan fingerprint density at radius 1 is 1.35 bits per heavy atom. The molecule has 17 heavy (non-hydrogen) atoms. The molecule has 0 aliphatic carbocycles. The molecule has 0 radical (unpaired) electrons. The normalized spacial score (nSPS) is 15.5. The minimum Gasteiger partial charge on any atom is -0.486 e. The molecule has 1 atom stereocenters. The molecule has 1 heterocycles. The monoisotopic (exact) mass is 301 g/mol. The van der Waals surface area contributed by atoms with Crippen LogP contribution in [0.2, 0.25) is 0 Å². The number of fused-ring (bicyclic) bond motifs is 1. The van der Waals surface area contributed by atoms with Crippen molar-refractivity contribution in [2.45, 2.75) is 13.0 Å². The molecular formula is C12H16BrNO3. The SMILES string of the molecule is COCC(C)Nc1cc2c(cc1Br)OCCO2. The maximum atomic E-state index is 5.54. The van der Waals surface area contributed by atoms with Crippen LogP contribution >= 0.6 is 15.9 Å². The molecular weight excluding hydrogens is 286 g/mol. The average Bonchev–Trinajstić information content (AvgIpc) is 2.30. The average molecular weight is 302 g/mol. The van der Waals surface area contributed by atoms with Gasteiger partial charge in [0.2, 0.25) is 0 Å². The lowest BCUT2D eigenvalue weighted by atomic mass is 10.2. The number of ether oxygens (including phenoxy) is 3. The van der Waals surface area contributed by atoms with Crippen molar-refractivity contribution >= 4 is 21.6 Å². The van der Waals surface area contributed by atoms with Crippen molar-refractivity contribution in [3.8, 4) is 11.5 Å². The number of halogens is 1. The van der Waals surface area contributed by atoms with Gasteiger partial charge < -0.3 is 19.5 Å². The topological polar surface area (TPSA) is 39.7 Å². The van der Waals surface area contributed by atoms with Crippen molar-refractivity contribution in [3.05, 3.63) is 16.6 Å². The number of methoxy groups -OCH3 is 1. The zero-order valence-electron chi connectivity index (χ0n) is 9.96. The van der Waals surface area contributed by atoms with Gasteiger partial charge in [0.1, 0.15) is 13.2 Å². The molecule has 0 bridgehead atoms. The molecule has 1 N–H and O–H groups in total. The molecule has 1 aromatic rings. The largest absolute Gasteiger partial charge is 0.486 e. The zero-order chi connectivity index (χ0) is 12.3. The van der Waals surface area contributed by atoms with E-state index in [1.165, 1.54) is 0 Å². The molecule has 0 aromatic heterocycles. The quantitative estimate of drug-likeness (QED) is 0.928. The van der Waals surface area contributed by atoms with E-state index in [4.69, 9.17) is 14.2 Å². The molecule has 4 nitrogen and oxygen atoms in total. The molecule has 2 rings (SSSR count). The first kappa shape index (κ1) is 12.5. The Kier molecular flexibility index (Phi) is 4.12. The number of anilines is 1. The molecule has 1 aliphatic rings. The first-order valence-electron chi connectivity index (χ1n) is 5.55. The second-order valence-corrected chi connectivity index (χ2v) is 4.83. The van der Waals surface area contributed by atoms with Crippen LogP contribution in [0.4, 0.5) is 5.69 Å². The summed E-state index contributed by atoms with van der Waals surface area (Å²) in [6, 6.07) is 4.11. The zero-order valence-corrected chi connectivity index (χ0v) is 11.5. The summed E-state index contributed by atoms with van der Waals surface area (Å²) in [4.78, 5) is 0. The molecule has 0 saturated carbocycles. The van der Waals surface area contributed by atoms with E-state index in [1.807, 2.05) is 12.1 Å². The molecule has 0 saturated heterocycles. The lowest BCUT2D eigenvalue weighted by Gasteiger charge is -2.21. The maximum Gasteiger partial charge on any atom is 0.163 e. The summed E-state index contributed by atoms with van der Waals surface area (Å²) in [7, 11) is 1.69. The molecule has 1 aliphatic heterocycles. The number of benzene rings is 1. The number of hydrogen-bond acceptors (Lipinski definition) is 4. The highest BCUT2D eigenvalue weighted by Crippen LogP contribution is 2.38. The smallest absolute Gasteiger partial charge is 0.163 e.